The molecular weight excluding hydrogens is 1500 g/mol. The van der Waals surface area contributed by atoms with Crippen LogP contribution in [0.5, 0.6) is 0 Å². The summed E-state index contributed by atoms with van der Waals surface area (Å²) in [6.07, 6.45) is 5.74. The fourth-order valence-electron chi connectivity index (χ4n) is 11.1. The number of aliphatic hydroxyl groups excluding tert-OH is 1. The lowest BCUT2D eigenvalue weighted by atomic mass is 10.0. The molecule has 0 aliphatic carbocycles. The number of para-hydroxylation sites is 1. The number of nitrogens with one attached hydrogen (secondary N) is 15. The summed E-state index contributed by atoms with van der Waals surface area (Å²) in [4.78, 5) is 226. The highest BCUT2D eigenvalue weighted by Crippen LogP contribution is 2.20. The topological polar surface area (TPSA) is 574 Å². The van der Waals surface area contributed by atoms with Gasteiger partial charge in [0.25, 0.3) is 0 Å². The van der Waals surface area contributed by atoms with Gasteiger partial charge in [0.05, 0.1) is 64.8 Å². The molecule has 3 aromatic rings. The van der Waals surface area contributed by atoms with Crippen LogP contribution in [-0.2, 0) is 99.0 Å². The number of nitrogens with two attached hydrogens (primary N) is 2. The largest absolute Gasteiger partial charge is 0.394 e. The van der Waals surface area contributed by atoms with Crippen molar-refractivity contribution in [2.24, 2.45) is 23.3 Å². The number of aliphatic hydroxyl groups is 1. The fraction of sp³-hybridized carbons (Fsp3) is 0.614. The zero-order valence-corrected chi connectivity index (χ0v) is 66.3. The van der Waals surface area contributed by atoms with Crippen LogP contribution in [0.15, 0.2) is 43.0 Å². The van der Waals surface area contributed by atoms with E-state index in [4.69, 9.17) is 20.9 Å². The van der Waals surface area contributed by atoms with E-state index in [0.29, 0.717) is 41.0 Å². The van der Waals surface area contributed by atoms with Crippen molar-refractivity contribution in [3.63, 3.8) is 0 Å². The van der Waals surface area contributed by atoms with E-state index in [1.54, 1.807) is 63.3 Å². The molecule has 0 spiro atoms. The Bertz CT molecular complexity index is 3640. The van der Waals surface area contributed by atoms with E-state index in [9.17, 15) is 81.8 Å². The molecule has 622 valence electrons. The van der Waals surface area contributed by atoms with Crippen LogP contribution in [0.3, 0.4) is 0 Å². The molecule has 40 nitrogen and oxygen atoms in total. The van der Waals surface area contributed by atoms with E-state index in [2.05, 4.69) is 84.1 Å². The van der Waals surface area contributed by atoms with Crippen LogP contribution in [0.1, 0.15) is 78.5 Å². The second-order valence-electron chi connectivity index (χ2n) is 27.5. The number of rotatable bonds is 52. The second kappa shape index (κ2) is 50.1. The molecule has 1 aromatic carbocycles. The first-order valence-electron chi connectivity index (χ1n) is 36.5. The molecule has 3 heterocycles. The number of aromatic amines is 2. The number of amides is 16. The van der Waals surface area contributed by atoms with Gasteiger partial charge in [0.1, 0.15) is 61.0 Å². The highest BCUT2D eigenvalue weighted by Gasteiger charge is 2.35. The number of benzene rings is 1. The Hall–Kier alpha value is -10.0. The third-order valence-electron chi connectivity index (χ3n) is 17.0. The Morgan fingerprint density at radius 1 is 0.616 bits per heavy atom. The maximum absolute atomic E-state index is 14.4. The highest BCUT2D eigenvalue weighted by atomic mass is 32.2. The number of carbonyl (C=O) groups excluding carboxylic acids is 16. The molecule has 16 amide bonds. The van der Waals surface area contributed by atoms with Gasteiger partial charge in [-0.05, 0) is 75.8 Å². The quantitative estimate of drug-likeness (QED) is 0.0184. The van der Waals surface area contributed by atoms with E-state index in [0.717, 1.165) is 11.8 Å². The lowest BCUT2D eigenvalue weighted by Crippen LogP contribution is -2.59. The standard InChI is InChI=1S/C70H111N21O19S2/c1-40(2)26-50(67(105)84-48(62(72)100)16-25-111-9)85-68(106)52(28-45-30-73-38-78-45)82-56(95)31-76-70(108)61(41(3)4)88-63(101)42(5)80-66(104)51(27-44-29-75-47-13-11-10-12-46(44)47)86-65(103)49(14-15-55(71)94)81-59(98)36-110-24-23-109-22-17-74-57(96)34-90-18-20-91(21-19-90)60(99)32-77-64(102)54(37-112-39-79-43(6)93)87-69(107)53(35-92)83-58(97)33-89(7)8/h10-13,29-30,38,40-42,48-54,61,75,92H,14-28,31-37,39H2,1-9H3,(H2,71,94)(H2,72,100)(H,73,78)(H,74,96)(H,76,108)(H,77,102)(H,79,93)(H,80,104)(H,81,98)(H,82,95)(H,83,97)(H,84,105)(H,85,106)(H,86,103)(H,87,107)(H,88,101)/t42-,48-,49-,50-,51-,52-,53-,54-,61-/m0/s1. The third kappa shape index (κ3) is 35.6. The summed E-state index contributed by atoms with van der Waals surface area (Å²) in [5, 5.41) is 44.0. The Morgan fingerprint density at radius 2 is 1.23 bits per heavy atom. The molecular formula is C70H111N21O19S2. The van der Waals surface area contributed by atoms with Crippen LogP contribution in [0.4, 0.5) is 0 Å². The molecule has 9 atom stereocenters. The summed E-state index contributed by atoms with van der Waals surface area (Å²) >= 11 is 2.57. The van der Waals surface area contributed by atoms with Gasteiger partial charge in [0, 0.05) is 93.7 Å². The summed E-state index contributed by atoms with van der Waals surface area (Å²) in [7, 11) is 3.28. The van der Waals surface area contributed by atoms with Gasteiger partial charge < -0.3 is 115 Å². The first kappa shape index (κ1) is 94.4. The van der Waals surface area contributed by atoms with Crippen molar-refractivity contribution in [3.05, 3.63) is 54.2 Å². The number of likely N-dealkylation sites (N-methyl/N-ethyl adjacent to an activating group) is 1. The Labute approximate surface area is 657 Å². The first-order chi connectivity index (χ1) is 53.2. The number of carbonyl (C=O) groups is 16. The monoisotopic (exact) mass is 1610 g/mol. The van der Waals surface area contributed by atoms with Crippen molar-refractivity contribution in [3.8, 4) is 0 Å². The molecule has 0 saturated carbocycles. The summed E-state index contributed by atoms with van der Waals surface area (Å²) in [6, 6.07) is -4.42. The molecule has 0 radical (unpaired) electrons. The number of piperazine rings is 1. The SMILES string of the molecule is CSCC[C@H](NC(=O)[C@H](CC(C)C)NC(=O)[C@H](Cc1cnc[nH]1)NC(=O)CNC(=O)[C@@H](NC(=O)[C@H](C)NC(=O)[C@H](Cc1c[nH]c2ccccc12)NC(=O)[C@H](CCC(N)=O)NC(=O)COCCOCCNC(=O)CN1CCN(C(=O)CNC(=O)[C@H](CSCNC(C)=O)NC(=O)[C@H](CO)NC(=O)CN(C)C)CC1)C(C)C)C(N)=O. The predicted octanol–water partition coefficient (Wildman–Crippen LogP) is -6.83. The van der Waals surface area contributed by atoms with E-state index >= 15 is 0 Å². The van der Waals surface area contributed by atoms with Crippen molar-refractivity contribution in [2.45, 2.75) is 134 Å². The molecule has 20 N–H and O–H groups in total. The minimum atomic E-state index is -1.44. The third-order valence-corrected chi connectivity index (χ3v) is 18.6. The summed E-state index contributed by atoms with van der Waals surface area (Å²) in [5.41, 5.74) is 12.7. The van der Waals surface area contributed by atoms with Gasteiger partial charge in [-0.2, -0.15) is 11.8 Å². The molecule has 1 aliphatic heterocycles. The van der Waals surface area contributed by atoms with Crippen molar-refractivity contribution >= 4 is 129 Å². The minimum absolute atomic E-state index is 0.00272. The molecule has 1 aliphatic rings. The van der Waals surface area contributed by atoms with E-state index < -0.39 is 169 Å². The van der Waals surface area contributed by atoms with Gasteiger partial charge in [-0.3, -0.25) is 81.6 Å². The number of H-pyrrole nitrogens is 2. The number of aromatic nitrogens is 3. The normalized spacial score (nSPS) is 14.6. The number of primary amides is 2. The van der Waals surface area contributed by atoms with Crippen LogP contribution < -0.4 is 80.6 Å². The van der Waals surface area contributed by atoms with Gasteiger partial charge in [-0.1, -0.05) is 45.9 Å². The summed E-state index contributed by atoms with van der Waals surface area (Å²) in [6.45, 7) is 8.22. The zero-order chi connectivity index (χ0) is 83.0. The fourth-order valence-corrected chi connectivity index (χ4v) is 12.4. The number of hydrogen-bond acceptors (Lipinski definition) is 24. The van der Waals surface area contributed by atoms with Crippen LogP contribution in [0, 0.1) is 11.8 Å². The predicted molar refractivity (Wildman–Crippen MR) is 413 cm³/mol. The van der Waals surface area contributed by atoms with Crippen LogP contribution in [-0.4, -0.2) is 313 Å². The van der Waals surface area contributed by atoms with E-state index in [1.165, 1.54) is 43.0 Å². The molecule has 42 heteroatoms. The molecule has 0 unspecified atom stereocenters. The number of ether oxygens (including phenoxy) is 2. The average Bonchev–Trinajstić information content (AvgIpc) is 1.65. The summed E-state index contributed by atoms with van der Waals surface area (Å²) in [5.74, 6) is -11.3. The first-order valence-corrected chi connectivity index (χ1v) is 39.1. The van der Waals surface area contributed by atoms with Gasteiger partial charge in [0.15, 0.2) is 0 Å². The van der Waals surface area contributed by atoms with Crippen molar-refractivity contribution < 1.29 is 91.3 Å². The molecule has 112 heavy (non-hydrogen) atoms. The van der Waals surface area contributed by atoms with Crippen LogP contribution in [0.2, 0.25) is 0 Å². The minimum Gasteiger partial charge on any atom is -0.394 e. The lowest BCUT2D eigenvalue weighted by Gasteiger charge is -2.34. The number of nitrogens with zero attached hydrogens (tertiary/aromatic N) is 4. The van der Waals surface area contributed by atoms with E-state index in [-0.39, 0.29) is 120 Å². The van der Waals surface area contributed by atoms with Crippen LogP contribution in [0.25, 0.3) is 10.9 Å². The number of fused-ring (bicyclic) bond motifs is 1. The Balaban J connectivity index is 1.27. The summed E-state index contributed by atoms with van der Waals surface area (Å²) < 4.78 is 11.1. The number of thioether (sulfide) groups is 2. The number of imidazole rings is 1. The second-order valence-corrected chi connectivity index (χ2v) is 29.5. The Morgan fingerprint density at radius 3 is 1.88 bits per heavy atom. The highest BCUT2D eigenvalue weighted by molar-refractivity contribution is 7.99. The zero-order valence-electron chi connectivity index (χ0n) is 64.7. The Kier molecular flexibility index (Phi) is 42.2. The molecule has 2 aromatic heterocycles. The van der Waals surface area contributed by atoms with Crippen LogP contribution >= 0.6 is 23.5 Å². The molecule has 1 fully saturated rings. The maximum atomic E-state index is 14.4. The van der Waals surface area contributed by atoms with Gasteiger partial charge in [-0.25, -0.2) is 4.98 Å². The van der Waals surface area contributed by atoms with Crippen molar-refractivity contribution in [1.82, 2.24) is 98.8 Å². The number of hydrogen-bond donors (Lipinski definition) is 18. The maximum Gasteiger partial charge on any atom is 0.246 e. The van der Waals surface area contributed by atoms with Crippen molar-refractivity contribution in [2.75, 3.05) is 130 Å². The van der Waals surface area contributed by atoms with E-state index in [1.807, 2.05) is 25.0 Å². The average molecular weight is 1610 g/mol. The molecule has 1 saturated heterocycles. The lowest BCUT2D eigenvalue weighted by molar-refractivity contribution is -0.136. The van der Waals surface area contributed by atoms with Gasteiger partial charge >= 0.3 is 0 Å². The molecule has 4 rings (SSSR count). The smallest absolute Gasteiger partial charge is 0.246 e. The molecule has 0 bridgehead atoms. The van der Waals surface area contributed by atoms with Gasteiger partial charge in [0.2, 0.25) is 94.5 Å². The van der Waals surface area contributed by atoms with Crippen molar-refractivity contribution in [1.29, 1.82) is 0 Å². The van der Waals surface area contributed by atoms with Gasteiger partial charge in [-0.15, -0.1) is 11.8 Å².